The van der Waals surface area contributed by atoms with Crippen LogP contribution in [0.15, 0.2) is 23.3 Å². The summed E-state index contributed by atoms with van der Waals surface area (Å²) in [6.45, 7) is 15.2. The second kappa shape index (κ2) is 9.69. The molecule has 10 atom stereocenters. The second-order valence-electron chi connectivity index (χ2n) is 16.7. The van der Waals surface area contributed by atoms with E-state index in [-0.39, 0.29) is 11.5 Å². The van der Waals surface area contributed by atoms with E-state index in [1.807, 2.05) is 13.8 Å². The summed E-state index contributed by atoms with van der Waals surface area (Å²) in [4.78, 5) is 11.5. The Bertz CT molecular complexity index is 1090. The lowest BCUT2D eigenvalue weighted by Gasteiger charge is -2.71. The van der Waals surface area contributed by atoms with Crippen LogP contribution in [-0.2, 0) is 4.79 Å². The predicted molar refractivity (Wildman–Crippen MR) is 162 cm³/mol. The molecule has 6 aliphatic rings. The molecule has 4 heteroatoms. The van der Waals surface area contributed by atoms with Crippen LogP contribution < -0.4 is 5.32 Å². The maximum Gasteiger partial charge on any atom is 0.306 e. The monoisotopic (exact) mass is 551 g/mol. The summed E-state index contributed by atoms with van der Waals surface area (Å²) in [7, 11) is 0. The van der Waals surface area contributed by atoms with E-state index in [0.29, 0.717) is 35.1 Å². The first-order valence-corrected chi connectivity index (χ1v) is 16.8. The fourth-order valence-electron chi connectivity index (χ4n) is 12.3. The number of nitrogens with one attached hydrogen (secondary N) is 1. The Hall–Kier alpha value is -1.13. The highest BCUT2D eigenvalue weighted by Gasteiger charge is 2.68. The molecule has 40 heavy (non-hydrogen) atoms. The van der Waals surface area contributed by atoms with Crippen molar-refractivity contribution in [2.75, 3.05) is 6.54 Å². The average Bonchev–Trinajstić information content (AvgIpc) is 3.32. The smallest absolute Gasteiger partial charge is 0.306 e. The molecule has 6 aliphatic carbocycles. The fourth-order valence-corrected chi connectivity index (χ4v) is 12.3. The normalized spacial score (nSPS) is 48.7. The summed E-state index contributed by atoms with van der Waals surface area (Å²) in [5, 5.41) is 24.0. The zero-order valence-electron chi connectivity index (χ0n) is 26.3. The van der Waals surface area contributed by atoms with Crippen LogP contribution in [0.1, 0.15) is 125 Å². The number of carboxylic acid groups (broad SMARTS) is 1. The topological polar surface area (TPSA) is 69.6 Å². The van der Waals surface area contributed by atoms with E-state index < -0.39 is 11.6 Å². The maximum absolute atomic E-state index is 11.5. The van der Waals surface area contributed by atoms with E-state index in [1.54, 1.807) is 5.57 Å². The molecule has 0 aromatic rings. The van der Waals surface area contributed by atoms with E-state index in [0.717, 1.165) is 36.5 Å². The van der Waals surface area contributed by atoms with Crippen LogP contribution in [0.2, 0.25) is 0 Å². The standard InChI is InChI=1S/C36H57NO3/c1-23-26(24-9-11-25(12-10-24)31(38)39)15-18-33(4)27(23)16-19-35(6)30(33)14-13-28-29-8-7-17-36(29,21-20-34(28,35)5)37-22-32(2,3)40/h9,15,23,25,27-30,37,40H,7-8,10-14,16-22H2,1-6H3,(H,38,39)/t23?,25?,27?,28?,29?,30?,33?,34-,35?,36?/m1/s1. The van der Waals surface area contributed by atoms with E-state index >= 15 is 0 Å². The van der Waals surface area contributed by atoms with Gasteiger partial charge in [-0.25, -0.2) is 0 Å². The molecule has 0 amide bonds. The molecule has 4 saturated carbocycles. The van der Waals surface area contributed by atoms with Gasteiger partial charge >= 0.3 is 5.97 Å². The highest BCUT2D eigenvalue weighted by Crippen LogP contribution is 2.75. The van der Waals surface area contributed by atoms with Crippen molar-refractivity contribution in [1.29, 1.82) is 0 Å². The van der Waals surface area contributed by atoms with Gasteiger partial charge in [-0.15, -0.1) is 0 Å². The third-order valence-corrected chi connectivity index (χ3v) is 14.6. The maximum atomic E-state index is 11.5. The van der Waals surface area contributed by atoms with E-state index in [9.17, 15) is 15.0 Å². The Morgan fingerprint density at radius 3 is 2.40 bits per heavy atom. The molecule has 3 N–H and O–H groups in total. The minimum atomic E-state index is -0.658. The van der Waals surface area contributed by atoms with Crippen LogP contribution in [-0.4, -0.2) is 33.9 Å². The first-order valence-electron chi connectivity index (χ1n) is 16.8. The number of hydrogen-bond acceptors (Lipinski definition) is 3. The Kier molecular flexibility index (Phi) is 7.02. The Morgan fingerprint density at radius 2 is 1.73 bits per heavy atom. The lowest BCUT2D eigenvalue weighted by Crippen LogP contribution is -2.67. The van der Waals surface area contributed by atoms with Crippen LogP contribution in [0.25, 0.3) is 0 Å². The highest BCUT2D eigenvalue weighted by atomic mass is 16.4. The van der Waals surface area contributed by atoms with Crippen molar-refractivity contribution in [2.45, 2.75) is 136 Å². The van der Waals surface area contributed by atoms with E-state index in [1.165, 1.54) is 69.8 Å². The van der Waals surface area contributed by atoms with Crippen LogP contribution in [0.3, 0.4) is 0 Å². The van der Waals surface area contributed by atoms with Gasteiger partial charge in [0.05, 0.1) is 11.5 Å². The fraction of sp³-hybridized carbons (Fsp3) is 0.861. The van der Waals surface area contributed by atoms with E-state index in [2.05, 4.69) is 45.2 Å². The summed E-state index contributed by atoms with van der Waals surface area (Å²) in [6.07, 6.45) is 20.5. The zero-order valence-corrected chi connectivity index (χ0v) is 26.3. The molecule has 0 aliphatic heterocycles. The molecule has 6 rings (SSSR count). The van der Waals surface area contributed by atoms with Gasteiger partial charge in [-0.05, 0) is 148 Å². The average molecular weight is 552 g/mol. The van der Waals surface area contributed by atoms with Crippen molar-refractivity contribution < 1.29 is 15.0 Å². The molecule has 9 unspecified atom stereocenters. The molecule has 4 nitrogen and oxygen atoms in total. The molecule has 0 saturated heterocycles. The molecule has 224 valence electrons. The van der Waals surface area contributed by atoms with Gasteiger partial charge < -0.3 is 15.5 Å². The van der Waals surface area contributed by atoms with E-state index in [4.69, 9.17) is 0 Å². The highest BCUT2D eigenvalue weighted by molar-refractivity contribution is 5.70. The summed E-state index contributed by atoms with van der Waals surface area (Å²) in [5.74, 6) is 2.79. The molecule has 0 radical (unpaired) electrons. The molecule has 0 bridgehead atoms. The summed E-state index contributed by atoms with van der Waals surface area (Å²) in [5.41, 5.74) is 3.72. The number of β-amino-alcohol motifs (C(OH)–C–C–N with tert-alkyl or cyclic N) is 1. The minimum Gasteiger partial charge on any atom is -0.481 e. The minimum absolute atomic E-state index is 0.195. The Balaban J connectivity index is 1.26. The number of rotatable bonds is 5. The van der Waals surface area contributed by atoms with Crippen molar-refractivity contribution in [2.24, 2.45) is 51.8 Å². The van der Waals surface area contributed by atoms with Gasteiger partial charge in [-0.2, -0.15) is 0 Å². The number of aliphatic carboxylic acids is 1. The quantitative estimate of drug-likeness (QED) is 0.325. The summed E-state index contributed by atoms with van der Waals surface area (Å²) < 4.78 is 0. The van der Waals surface area contributed by atoms with Crippen molar-refractivity contribution >= 4 is 5.97 Å². The Morgan fingerprint density at radius 1 is 0.950 bits per heavy atom. The molecule has 0 heterocycles. The molecule has 0 spiro atoms. The number of fused-ring (bicyclic) bond motifs is 7. The summed E-state index contributed by atoms with van der Waals surface area (Å²) in [6, 6.07) is 0. The van der Waals surface area contributed by atoms with Crippen molar-refractivity contribution in [3.05, 3.63) is 23.3 Å². The van der Waals surface area contributed by atoms with Gasteiger partial charge in [0.15, 0.2) is 0 Å². The van der Waals surface area contributed by atoms with Crippen LogP contribution >= 0.6 is 0 Å². The third kappa shape index (κ3) is 4.23. The SMILES string of the molecule is CC1C(C2=CCC(C(=O)O)CC2)=CCC2(C)C1CCC1(C)C2CCC2C3CCCC3(NCC(C)(C)O)CC[C@]21C. The van der Waals surface area contributed by atoms with Gasteiger partial charge in [0.1, 0.15) is 0 Å². The first-order chi connectivity index (χ1) is 18.7. The number of hydrogen-bond donors (Lipinski definition) is 3. The van der Waals surface area contributed by atoms with Crippen molar-refractivity contribution in [3.63, 3.8) is 0 Å². The van der Waals surface area contributed by atoms with Gasteiger partial charge in [-0.3, -0.25) is 4.79 Å². The van der Waals surface area contributed by atoms with Crippen LogP contribution in [0.4, 0.5) is 0 Å². The number of carbonyl (C=O) groups is 1. The van der Waals surface area contributed by atoms with Gasteiger partial charge in [0.2, 0.25) is 0 Å². The van der Waals surface area contributed by atoms with Crippen LogP contribution in [0, 0.1) is 51.8 Å². The molecular weight excluding hydrogens is 494 g/mol. The largest absolute Gasteiger partial charge is 0.481 e. The van der Waals surface area contributed by atoms with Gasteiger partial charge in [0.25, 0.3) is 0 Å². The Labute approximate surface area is 243 Å². The van der Waals surface area contributed by atoms with Crippen LogP contribution in [0.5, 0.6) is 0 Å². The molecule has 4 fully saturated rings. The lowest BCUT2D eigenvalue weighted by molar-refractivity contribution is -0.213. The zero-order chi connectivity index (χ0) is 28.7. The van der Waals surface area contributed by atoms with Gasteiger partial charge in [-0.1, -0.05) is 46.3 Å². The van der Waals surface area contributed by atoms with Crippen molar-refractivity contribution in [1.82, 2.24) is 5.32 Å². The number of carboxylic acids is 1. The van der Waals surface area contributed by atoms with Crippen molar-refractivity contribution in [3.8, 4) is 0 Å². The predicted octanol–water partition coefficient (Wildman–Crippen LogP) is 7.91. The number of aliphatic hydroxyl groups is 1. The second-order valence-corrected chi connectivity index (χ2v) is 16.7. The third-order valence-electron chi connectivity index (χ3n) is 14.6. The first kappa shape index (κ1) is 29.0. The summed E-state index contributed by atoms with van der Waals surface area (Å²) >= 11 is 0. The number of allylic oxidation sites excluding steroid dienone is 4. The molecule has 0 aromatic heterocycles. The molecular formula is C36H57NO3. The lowest BCUT2D eigenvalue weighted by atomic mass is 9.34. The molecule has 0 aromatic carbocycles. The van der Waals surface area contributed by atoms with Gasteiger partial charge in [0, 0.05) is 12.1 Å².